The van der Waals surface area contributed by atoms with Crippen LogP contribution in [0.1, 0.15) is 47.6 Å². The number of carbonyl (C=O) groups is 1. The van der Waals surface area contributed by atoms with Crippen molar-refractivity contribution in [2.45, 2.75) is 38.4 Å². The number of carbonyl (C=O) groups excluding carboxylic acids is 1. The molecule has 1 fully saturated rings. The van der Waals surface area contributed by atoms with Crippen LogP contribution in [0.5, 0.6) is 0 Å². The second-order valence-corrected chi connectivity index (χ2v) is 5.97. The third-order valence-corrected chi connectivity index (χ3v) is 4.47. The first-order valence-electron chi connectivity index (χ1n) is 7.98. The van der Waals surface area contributed by atoms with Crippen LogP contribution in [0.25, 0.3) is 5.69 Å². The van der Waals surface area contributed by atoms with Crippen molar-refractivity contribution >= 4 is 5.97 Å². The van der Waals surface area contributed by atoms with E-state index >= 15 is 0 Å². The van der Waals surface area contributed by atoms with Gasteiger partial charge in [-0.3, -0.25) is 0 Å². The molecule has 2 aliphatic heterocycles. The van der Waals surface area contributed by atoms with Gasteiger partial charge in [0.15, 0.2) is 11.5 Å². The third-order valence-electron chi connectivity index (χ3n) is 4.47. The third kappa shape index (κ3) is 2.31. The Balaban J connectivity index is 1.90. The van der Waals surface area contributed by atoms with E-state index in [9.17, 15) is 13.6 Å². The SMILES string of the molecule is CCOC(=O)c1nn(-c2ccc(F)cc2F)c2c1CC1CCC2O1. The molecule has 0 amide bonds. The van der Waals surface area contributed by atoms with E-state index in [2.05, 4.69) is 5.10 Å². The van der Waals surface area contributed by atoms with Gasteiger partial charge in [-0.15, -0.1) is 0 Å². The van der Waals surface area contributed by atoms with Gasteiger partial charge in [-0.1, -0.05) is 0 Å². The van der Waals surface area contributed by atoms with Gasteiger partial charge in [-0.25, -0.2) is 18.3 Å². The topological polar surface area (TPSA) is 53.3 Å². The number of halogens is 2. The number of aromatic nitrogens is 2. The monoisotopic (exact) mass is 334 g/mol. The van der Waals surface area contributed by atoms with Crippen LogP contribution < -0.4 is 0 Å². The summed E-state index contributed by atoms with van der Waals surface area (Å²) in [5.74, 6) is -1.94. The lowest BCUT2D eigenvalue weighted by Gasteiger charge is -2.22. The molecule has 3 heterocycles. The number of rotatable bonds is 3. The molecule has 2 atom stereocenters. The van der Waals surface area contributed by atoms with Crippen molar-refractivity contribution in [1.29, 1.82) is 0 Å². The summed E-state index contributed by atoms with van der Waals surface area (Å²) >= 11 is 0. The highest BCUT2D eigenvalue weighted by atomic mass is 19.1. The van der Waals surface area contributed by atoms with Crippen LogP contribution in [-0.4, -0.2) is 28.5 Å². The average Bonchev–Trinajstić information content (AvgIpc) is 3.10. The maximum Gasteiger partial charge on any atom is 0.359 e. The molecule has 1 aromatic carbocycles. The average molecular weight is 334 g/mol. The molecule has 24 heavy (non-hydrogen) atoms. The minimum Gasteiger partial charge on any atom is -0.461 e. The second kappa shape index (κ2) is 5.66. The molecule has 2 aromatic rings. The first-order valence-corrected chi connectivity index (χ1v) is 7.98. The van der Waals surface area contributed by atoms with E-state index in [0.29, 0.717) is 12.1 Å². The van der Waals surface area contributed by atoms with E-state index in [1.807, 2.05) is 0 Å². The summed E-state index contributed by atoms with van der Waals surface area (Å²) < 4.78 is 39.8. The lowest BCUT2D eigenvalue weighted by molar-refractivity contribution is 0.0281. The van der Waals surface area contributed by atoms with E-state index in [1.165, 1.54) is 10.7 Å². The minimum absolute atomic E-state index is 0.0476. The molecular formula is C17H16F2N2O3. The fraction of sp³-hybridized carbons (Fsp3) is 0.412. The zero-order valence-corrected chi connectivity index (χ0v) is 13.1. The molecule has 2 unspecified atom stereocenters. The zero-order valence-electron chi connectivity index (χ0n) is 13.1. The van der Waals surface area contributed by atoms with Gasteiger partial charge in [0.2, 0.25) is 0 Å². The van der Waals surface area contributed by atoms with Crippen LogP contribution in [0.4, 0.5) is 8.78 Å². The van der Waals surface area contributed by atoms with Crippen LogP contribution in [0.15, 0.2) is 18.2 Å². The summed E-state index contributed by atoms with van der Waals surface area (Å²) in [7, 11) is 0. The lowest BCUT2D eigenvalue weighted by Crippen LogP contribution is -2.20. The Bertz CT molecular complexity index is 818. The molecule has 5 nitrogen and oxygen atoms in total. The van der Waals surface area contributed by atoms with Crippen LogP contribution >= 0.6 is 0 Å². The van der Waals surface area contributed by atoms with Gasteiger partial charge in [0.1, 0.15) is 17.6 Å². The number of hydrogen-bond acceptors (Lipinski definition) is 4. The van der Waals surface area contributed by atoms with E-state index in [4.69, 9.17) is 9.47 Å². The lowest BCUT2D eigenvalue weighted by atomic mass is 10.0. The van der Waals surface area contributed by atoms with Crippen LogP contribution in [0, 0.1) is 11.6 Å². The largest absolute Gasteiger partial charge is 0.461 e. The number of esters is 1. The number of nitrogens with zero attached hydrogens (tertiary/aromatic N) is 2. The van der Waals surface area contributed by atoms with Gasteiger partial charge >= 0.3 is 5.97 Å². The zero-order chi connectivity index (χ0) is 16.8. The maximum absolute atomic E-state index is 14.2. The van der Waals surface area contributed by atoms with Crippen LogP contribution in [0.3, 0.4) is 0 Å². The van der Waals surface area contributed by atoms with Crippen LogP contribution in [0.2, 0.25) is 0 Å². The summed E-state index contributed by atoms with van der Waals surface area (Å²) in [5, 5.41) is 4.29. The molecule has 0 N–H and O–H groups in total. The fourth-order valence-electron chi connectivity index (χ4n) is 3.48. The summed E-state index contributed by atoms with van der Waals surface area (Å²) in [6.07, 6.45) is 2.02. The van der Waals surface area contributed by atoms with Gasteiger partial charge in [-0.05, 0) is 31.9 Å². The highest BCUT2D eigenvalue weighted by Crippen LogP contribution is 2.43. The molecule has 0 saturated carbocycles. The molecule has 2 aliphatic rings. The van der Waals surface area contributed by atoms with E-state index < -0.39 is 17.6 Å². The Morgan fingerprint density at radius 2 is 2.25 bits per heavy atom. The second-order valence-electron chi connectivity index (χ2n) is 5.97. The normalized spacial score (nSPS) is 21.6. The van der Waals surface area contributed by atoms with E-state index in [1.54, 1.807) is 6.92 Å². The van der Waals surface area contributed by atoms with Gasteiger partial charge in [0, 0.05) is 18.1 Å². The molecule has 126 valence electrons. The highest BCUT2D eigenvalue weighted by molar-refractivity contribution is 5.89. The number of fused-ring (bicyclic) bond motifs is 4. The molecule has 0 radical (unpaired) electrons. The number of ether oxygens (including phenoxy) is 2. The van der Waals surface area contributed by atoms with Gasteiger partial charge in [0.05, 0.1) is 18.4 Å². The van der Waals surface area contributed by atoms with Crippen molar-refractivity contribution in [2.24, 2.45) is 0 Å². The van der Waals surface area contributed by atoms with Crippen molar-refractivity contribution in [1.82, 2.24) is 9.78 Å². The van der Waals surface area contributed by atoms with Crippen molar-refractivity contribution in [3.63, 3.8) is 0 Å². The molecule has 1 aromatic heterocycles. The predicted molar refractivity (Wildman–Crippen MR) is 80.0 cm³/mol. The quantitative estimate of drug-likeness (QED) is 0.810. The Hall–Kier alpha value is -2.28. The van der Waals surface area contributed by atoms with Gasteiger partial charge in [0.25, 0.3) is 0 Å². The molecule has 2 bridgehead atoms. The van der Waals surface area contributed by atoms with Crippen molar-refractivity contribution in [3.05, 3.63) is 46.8 Å². The summed E-state index contributed by atoms with van der Waals surface area (Å²) in [6, 6.07) is 3.28. The Morgan fingerprint density at radius 1 is 1.42 bits per heavy atom. The molecule has 1 saturated heterocycles. The molecule has 4 rings (SSSR count). The van der Waals surface area contributed by atoms with Crippen LogP contribution in [-0.2, 0) is 15.9 Å². The summed E-state index contributed by atoms with van der Waals surface area (Å²) in [4.78, 5) is 12.2. The van der Waals surface area contributed by atoms with Gasteiger partial charge in [-0.2, -0.15) is 5.10 Å². The predicted octanol–water partition coefficient (Wildman–Crippen LogP) is 3.10. The molecule has 7 heteroatoms. The van der Waals surface area contributed by atoms with Crippen molar-refractivity contribution < 1.29 is 23.0 Å². The smallest absolute Gasteiger partial charge is 0.359 e. The Morgan fingerprint density at radius 3 is 3.00 bits per heavy atom. The highest BCUT2D eigenvalue weighted by Gasteiger charge is 2.40. The molecular weight excluding hydrogens is 318 g/mol. The maximum atomic E-state index is 14.2. The summed E-state index contributed by atoms with van der Waals surface area (Å²) in [5.41, 5.74) is 1.70. The Labute approximate surface area is 137 Å². The Kier molecular flexibility index (Phi) is 3.60. The molecule has 0 spiro atoms. The van der Waals surface area contributed by atoms with E-state index in [0.717, 1.165) is 30.5 Å². The standard InChI is InChI=1S/C17H16F2N2O3/c1-2-23-17(22)15-11-8-10-4-6-14(24-10)16(11)21(20-15)13-5-3-9(18)7-12(13)19/h3,5,7,10,14H,2,4,6,8H2,1H3. The van der Waals surface area contributed by atoms with Crippen molar-refractivity contribution in [2.75, 3.05) is 6.61 Å². The van der Waals surface area contributed by atoms with E-state index in [-0.39, 0.29) is 30.2 Å². The number of hydrogen-bond donors (Lipinski definition) is 0. The number of benzene rings is 1. The first-order chi connectivity index (χ1) is 11.6. The van der Waals surface area contributed by atoms with Crippen molar-refractivity contribution in [3.8, 4) is 5.69 Å². The fourth-order valence-corrected chi connectivity index (χ4v) is 3.48. The van der Waals surface area contributed by atoms with Gasteiger partial charge < -0.3 is 9.47 Å². The minimum atomic E-state index is -0.740. The molecule has 0 aliphatic carbocycles. The first kappa shape index (κ1) is 15.3. The summed E-state index contributed by atoms with van der Waals surface area (Å²) in [6.45, 7) is 1.95.